The summed E-state index contributed by atoms with van der Waals surface area (Å²) in [7, 11) is 1.63. The minimum absolute atomic E-state index is 0.532. The lowest BCUT2D eigenvalue weighted by Crippen LogP contribution is -2.16. The quantitative estimate of drug-likeness (QED) is 0.844. The number of ether oxygens (including phenoxy) is 1. The van der Waals surface area contributed by atoms with Gasteiger partial charge in [0.1, 0.15) is 5.75 Å². The van der Waals surface area contributed by atoms with E-state index in [4.69, 9.17) is 4.74 Å². The molecule has 19 heavy (non-hydrogen) atoms. The van der Waals surface area contributed by atoms with Crippen molar-refractivity contribution >= 4 is 0 Å². The van der Waals surface area contributed by atoms with Gasteiger partial charge in [-0.15, -0.1) is 0 Å². The number of rotatable bonds is 3. The number of hydrogen-bond donors (Lipinski definition) is 0. The largest absolute Gasteiger partial charge is 0.497 e. The van der Waals surface area contributed by atoms with Gasteiger partial charge in [0.05, 0.1) is 31.0 Å². The first-order chi connectivity index (χ1) is 9.31. The summed E-state index contributed by atoms with van der Waals surface area (Å²) < 4.78 is 7.24. The van der Waals surface area contributed by atoms with Crippen LogP contribution in [0.25, 0.3) is 11.1 Å². The Morgan fingerprint density at radius 1 is 1.42 bits per heavy atom. The van der Waals surface area contributed by atoms with Crippen LogP contribution in [0.15, 0.2) is 30.6 Å². The fourth-order valence-corrected chi connectivity index (χ4v) is 2.31. The lowest BCUT2D eigenvalue weighted by Gasteiger charge is -2.25. The molecule has 1 fully saturated rings. The van der Waals surface area contributed by atoms with Crippen molar-refractivity contribution < 1.29 is 4.74 Å². The molecule has 1 aromatic heterocycles. The van der Waals surface area contributed by atoms with Crippen LogP contribution in [0.5, 0.6) is 5.75 Å². The molecule has 0 unspecified atom stereocenters. The van der Waals surface area contributed by atoms with Gasteiger partial charge in [0.15, 0.2) is 0 Å². The maximum absolute atomic E-state index is 9.20. The molecule has 0 saturated heterocycles. The summed E-state index contributed by atoms with van der Waals surface area (Å²) in [6, 6.07) is 8.23. The molecule has 1 aliphatic rings. The van der Waals surface area contributed by atoms with Gasteiger partial charge >= 0.3 is 0 Å². The van der Waals surface area contributed by atoms with Crippen LogP contribution in [-0.4, -0.2) is 16.9 Å². The van der Waals surface area contributed by atoms with Crippen LogP contribution < -0.4 is 4.74 Å². The lowest BCUT2D eigenvalue weighted by atomic mass is 9.93. The molecule has 0 radical (unpaired) electrons. The van der Waals surface area contributed by atoms with Crippen LogP contribution in [-0.2, 0) is 0 Å². The van der Waals surface area contributed by atoms with Gasteiger partial charge < -0.3 is 4.74 Å². The summed E-state index contributed by atoms with van der Waals surface area (Å²) in [5.74, 6) is 0.755. The van der Waals surface area contributed by atoms with E-state index in [0.717, 1.165) is 16.9 Å². The van der Waals surface area contributed by atoms with E-state index in [-0.39, 0.29) is 0 Å². The van der Waals surface area contributed by atoms with E-state index in [0.29, 0.717) is 11.6 Å². The van der Waals surface area contributed by atoms with Crippen molar-refractivity contribution in [2.24, 2.45) is 0 Å². The fraction of sp³-hybridized carbons (Fsp3) is 0.333. The molecule has 0 bridgehead atoms. The molecule has 0 N–H and O–H groups in total. The Morgan fingerprint density at radius 3 is 2.89 bits per heavy atom. The van der Waals surface area contributed by atoms with Crippen LogP contribution in [0.2, 0.25) is 0 Å². The summed E-state index contributed by atoms with van der Waals surface area (Å²) in [6.07, 6.45) is 7.53. The predicted octanol–water partition coefficient (Wildman–Crippen LogP) is 3.16. The molecule has 0 amide bonds. The molecule has 0 aliphatic heterocycles. The van der Waals surface area contributed by atoms with Gasteiger partial charge in [-0.2, -0.15) is 10.4 Å². The first-order valence-electron chi connectivity index (χ1n) is 6.44. The third-order valence-corrected chi connectivity index (χ3v) is 3.71. The summed E-state index contributed by atoms with van der Waals surface area (Å²) in [4.78, 5) is 0. The van der Waals surface area contributed by atoms with Gasteiger partial charge in [0.2, 0.25) is 0 Å². The molecular weight excluding hydrogens is 238 g/mol. The highest BCUT2D eigenvalue weighted by Gasteiger charge is 2.20. The van der Waals surface area contributed by atoms with Gasteiger partial charge in [-0.3, -0.25) is 4.68 Å². The predicted molar refractivity (Wildman–Crippen MR) is 71.8 cm³/mol. The number of nitriles is 1. The number of benzene rings is 1. The van der Waals surface area contributed by atoms with Crippen LogP contribution in [0, 0.1) is 11.3 Å². The average Bonchev–Trinajstić information content (AvgIpc) is 2.85. The molecule has 96 valence electrons. The average molecular weight is 253 g/mol. The highest BCUT2D eigenvalue weighted by molar-refractivity contribution is 5.71. The topological polar surface area (TPSA) is 50.8 Å². The fourth-order valence-electron chi connectivity index (χ4n) is 2.31. The SMILES string of the molecule is COc1ccc(C#N)c(-c2cnn(C3CCC3)c2)c1. The van der Waals surface area contributed by atoms with E-state index in [9.17, 15) is 5.26 Å². The van der Waals surface area contributed by atoms with Crippen molar-refractivity contribution in [3.8, 4) is 22.9 Å². The van der Waals surface area contributed by atoms with Crippen molar-refractivity contribution in [1.29, 1.82) is 5.26 Å². The van der Waals surface area contributed by atoms with Gasteiger partial charge in [-0.25, -0.2) is 0 Å². The first kappa shape index (κ1) is 11.8. The second kappa shape index (κ2) is 4.77. The van der Waals surface area contributed by atoms with Crippen LogP contribution in [0.1, 0.15) is 30.9 Å². The van der Waals surface area contributed by atoms with Gasteiger partial charge in [0.25, 0.3) is 0 Å². The van der Waals surface area contributed by atoms with Gasteiger partial charge in [0, 0.05) is 17.3 Å². The zero-order chi connectivity index (χ0) is 13.2. The molecular formula is C15H15N3O. The van der Waals surface area contributed by atoms with Crippen molar-refractivity contribution in [2.75, 3.05) is 7.11 Å². The second-order valence-electron chi connectivity index (χ2n) is 4.82. The van der Waals surface area contributed by atoms with E-state index in [2.05, 4.69) is 11.2 Å². The Kier molecular flexibility index (Phi) is 2.96. The van der Waals surface area contributed by atoms with Crippen molar-refractivity contribution in [2.45, 2.75) is 25.3 Å². The monoisotopic (exact) mass is 253 g/mol. The minimum Gasteiger partial charge on any atom is -0.497 e. The van der Waals surface area contributed by atoms with Gasteiger partial charge in [-0.05, 0) is 37.5 Å². The van der Waals surface area contributed by atoms with Crippen molar-refractivity contribution in [3.63, 3.8) is 0 Å². The summed E-state index contributed by atoms with van der Waals surface area (Å²) >= 11 is 0. The summed E-state index contributed by atoms with van der Waals surface area (Å²) in [6.45, 7) is 0. The smallest absolute Gasteiger partial charge is 0.119 e. The maximum atomic E-state index is 9.20. The maximum Gasteiger partial charge on any atom is 0.119 e. The highest BCUT2D eigenvalue weighted by Crippen LogP contribution is 2.33. The molecule has 1 heterocycles. The molecule has 4 nitrogen and oxygen atoms in total. The van der Waals surface area contributed by atoms with E-state index in [1.54, 1.807) is 19.2 Å². The Bertz CT molecular complexity index is 635. The summed E-state index contributed by atoms with van der Waals surface area (Å²) in [5.41, 5.74) is 2.50. The number of hydrogen-bond acceptors (Lipinski definition) is 3. The van der Waals surface area contributed by atoms with E-state index < -0.39 is 0 Å². The van der Waals surface area contributed by atoms with Crippen molar-refractivity contribution in [3.05, 3.63) is 36.2 Å². The van der Waals surface area contributed by atoms with Crippen LogP contribution in [0.4, 0.5) is 0 Å². The molecule has 2 aromatic rings. The van der Waals surface area contributed by atoms with Crippen molar-refractivity contribution in [1.82, 2.24) is 9.78 Å². The van der Waals surface area contributed by atoms with E-state index >= 15 is 0 Å². The molecule has 0 atom stereocenters. The minimum atomic E-state index is 0.532. The molecule has 3 rings (SSSR count). The molecule has 1 aliphatic carbocycles. The number of aromatic nitrogens is 2. The zero-order valence-corrected chi connectivity index (χ0v) is 10.8. The van der Waals surface area contributed by atoms with Crippen LogP contribution >= 0.6 is 0 Å². The van der Waals surface area contributed by atoms with Crippen LogP contribution in [0.3, 0.4) is 0 Å². The molecule has 1 saturated carbocycles. The summed E-state index contributed by atoms with van der Waals surface area (Å²) in [5, 5.41) is 13.6. The molecule has 4 heteroatoms. The third kappa shape index (κ3) is 2.08. The zero-order valence-electron chi connectivity index (χ0n) is 10.8. The Balaban J connectivity index is 2.00. The lowest BCUT2D eigenvalue weighted by molar-refractivity contribution is 0.289. The Hall–Kier alpha value is -2.28. The van der Waals surface area contributed by atoms with E-state index in [1.807, 2.05) is 23.1 Å². The number of nitrogens with zero attached hydrogens (tertiary/aromatic N) is 3. The standard InChI is InChI=1S/C15H15N3O/c1-19-14-6-5-11(8-16)15(7-14)12-9-17-18(10-12)13-3-2-4-13/h5-7,9-10,13H,2-4H2,1H3. The second-order valence-corrected chi connectivity index (χ2v) is 4.82. The Labute approximate surface area is 112 Å². The van der Waals surface area contributed by atoms with Gasteiger partial charge in [-0.1, -0.05) is 0 Å². The third-order valence-electron chi connectivity index (χ3n) is 3.71. The van der Waals surface area contributed by atoms with E-state index in [1.165, 1.54) is 19.3 Å². The highest BCUT2D eigenvalue weighted by atomic mass is 16.5. The first-order valence-corrected chi connectivity index (χ1v) is 6.44. The Morgan fingerprint density at radius 2 is 2.26 bits per heavy atom. The molecule has 1 aromatic carbocycles. The normalized spacial score (nSPS) is 14.7. The molecule has 0 spiro atoms. The number of methoxy groups -OCH3 is 1.